The van der Waals surface area contributed by atoms with Crippen molar-refractivity contribution in [2.45, 2.75) is 38.2 Å². The molecule has 0 aliphatic carbocycles. The third-order valence-corrected chi connectivity index (χ3v) is 6.59. The monoisotopic (exact) mass is 412 g/mol. The summed E-state index contributed by atoms with van der Waals surface area (Å²) in [5.41, 5.74) is 9.56. The largest absolute Gasteiger partial charge is 0.467 e. The second-order valence-corrected chi connectivity index (χ2v) is 9.67. The predicted molar refractivity (Wildman–Crippen MR) is 109 cm³/mol. The molecule has 1 aromatic carbocycles. The molecular weight excluding hydrogens is 388 g/mol. The second kappa shape index (κ2) is 11.0. The van der Waals surface area contributed by atoms with Crippen molar-refractivity contribution in [1.82, 2.24) is 4.90 Å². The van der Waals surface area contributed by atoms with Gasteiger partial charge in [-0.2, -0.15) is 0 Å². The molecule has 0 radical (unpaired) electrons. The van der Waals surface area contributed by atoms with Gasteiger partial charge in [-0.1, -0.05) is 71.7 Å². The van der Waals surface area contributed by atoms with Gasteiger partial charge in [0.2, 0.25) is 0 Å². The summed E-state index contributed by atoms with van der Waals surface area (Å²) >= 11 is 0. The van der Waals surface area contributed by atoms with Gasteiger partial charge in [0.25, 0.3) is 0 Å². The molecule has 0 bridgehead atoms. The maximum absolute atomic E-state index is 12.4. The number of rotatable bonds is 8. The quantitative estimate of drug-likeness (QED) is 0.197. The molecule has 27 heavy (non-hydrogen) atoms. The SMILES string of the molecule is COC(=O)[C@H](CSSC(C)(C)C)N(C)C(=O)OCc1ccccc1N=[N+]=[N-]. The molecule has 0 aromatic heterocycles. The third-order valence-electron chi connectivity index (χ3n) is 3.26. The van der Waals surface area contributed by atoms with E-state index in [2.05, 4.69) is 30.8 Å². The Morgan fingerprint density at radius 1 is 1.33 bits per heavy atom. The summed E-state index contributed by atoms with van der Waals surface area (Å²) in [6.45, 7) is 6.13. The Hall–Kier alpha value is -2.03. The first-order chi connectivity index (χ1) is 12.7. The van der Waals surface area contributed by atoms with Crippen molar-refractivity contribution in [1.29, 1.82) is 0 Å². The summed E-state index contributed by atoms with van der Waals surface area (Å²) in [4.78, 5) is 28.4. The molecule has 0 spiro atoms. The summed E-state index contributed by atoms with van der Waals surface area (Å²) in [6.07, 6.45) is -0.664. The van der Waals surface area contributed by atoms with Gasteiger partial charge in [0.15, 0.2) is 0 Å². The van der Waals surface area contributed by atoms with Crippen LogP contribution in [-0.2, 0) is 20.9 Å². The van der Waals surface area contributed by atoms with E-state index in [9.17, 15) is 9.59 Å². The van der Waals surface area contributed by atoms with E-state index in [0.717, 1.165) is 0 Å². The highest BCUT2D eigenvalue weighted by molar-refractivity contribution is 8.77. The van der Waals surface area contributed by atoms with Gasteiger partial charge in [0.1, 0.15) is 12.6 Å². The summed E-state index contributed by atoms with van der Waals surface area (Å²) in [5.74, 6) is -0.138. The van der Waals surface area contributed by atoms with Gasteiger partial charge in [-0.05, 0) is 11.1 Å². The molecule has 0 fully saturated rings. The number of nitrogens with zero attached hydrogens (tertiary/aromatic N) is 4. The fraction of sp³-hybridized carbons (Fsp3) is 0.529. The highest BCUT2D eigenvalue weighted by atomic mass is 33.1. The molecule has 0 saturated carbocycles. The number of benzene rings is 1. The molecule has 0 unspecified atom stereocenters. The zero-order valence-corrected chi connectivity index (χ0v) is 17.7. The van der Waals surface area contributed by atoms with Crippen LogP contribution in [0.15, 0.2) is 29.4 Å². The first-order valence-electron chi connectivity index (χ1n) is 8.10. The summed E-state index contributed by atoms with van der Waals surface area (Å²) in [6, 6.07) is 6.03. The van der Waals surface area contributed by atoms with Crippen LogP contribution in [0.4, 0.5) is 10.5 Å². The van der Waals surface area contributed by atoms with Crippen LogP contribution in [0.25, 0.3) is 10.4 Å². The average molecular weight is 413 g/mol. The fourth-order valence-corrected chi connectivity index (χ4v) is 4.46. The van der Waals surface area contributed by atoms with Crippen molar-refractivity contribution in [3.05, 3.63) is 40.3 Å². The third kappa shape index (κ3) is 8.03. The van der Waals surface area contributed by atoms with Crippen molar-refractivity contribution < 1.29 is 19.1 Å². The molecule has 0 aliphatic rings. The minimum atomic E-state index is -0.769. The van der Waals surface area contributed by atoms with Gasteiger partial charge in [0, 0.05) is 28.1 Å². The van der Waals surface area contributed by atoms with E-state index in [4.69, 9.17) is 15.0 Å². The highest BCUT2D eigenvalue weighted by Gasteiger charge is 2.29. The van der Waals surface area contributed by atoms with Gasteiger partial charge in [-0.25, -0.2) is 9.59 Å². The van der Waals surface area contributed by atoms with Gasteiger partial charge in [0.05, 0.1) is 7.11 Å². The van der Waals surface area contributed by atoms with E-state index in [1.807, 2.05) is 0 Å². The van der Waals surface area contributed by atoms with Crippen LogP contribution in [0, 0.1) is 0 Å². The van der Waals surface area contributed by atoms with Crippen LogP contribution in [0.2, 0.25) is 0 Å². The Balaban J connectivity index is 2.74. The molecule has 1 aromatic rings. The number of hydrogen-bond acceptors (Lipinski definition) is 7. The standard InChI is InChI=1S/C17H24N4O4S2/c1-17(2,3)27-26-11-14(15(22)24-5)21(4)16(23)25-10-12-8-6-7-9-13(12)19-20-18/h6-9,14H,10-11H2,1-5H3/t14-/m0/s1. The zero-order chi connectivity index (χ0) is 20.4. The molecule has 0 heterocycles. The molecule has 8 nitrogen and oxygen atoms in total. The first kappa shape index (κ1) is 23.0. The number of methoxy groups -OCH3 is 1. The summed E-state index contributed by atoms with van der Waals surface area (Å²) in [5, 5.41) is 3.56. The lowest BCUT2D eigenvalue weighted by molar-refractivity contribution is -0.145. The molecular formula is C17H24N4O4S2. The molecule has 1 atom stereocenters. The highest BCUT2D eigenvalue weighted by Crippen LogP contribution is 2.35. The van der Waals surface area contributed by atoms with Crippen LogP contribution in [0.5, 0.6) is 0 Å². The molecule has 1 rings (SSSR count). The Morgan fingerprint density at radius 3 is 2.59 bits per heavy atom. The average Bonchev–Trinajstić information content (AvgIpc) is 2.62. The number of azide groups is 1. The molecule has 10 heteroatoms. The zero-order valence-electron chi connectivity index (χ0n) is 16.0. The molecule has 148 valence electrons. The number of esters is 1. The van der Waals surface area contributed by atoms with Crippen LogP contribution in [0.3, 0.4) is 0 Å². The Bertz CT molecular complexity index is 702. The maximum Gasteiger partial charge on any atom is 0.410 e. The number of hydrogen-bond donors (Lipinski definition) is 0. The van der Waals surface area contributed by atoms with Crippen molar-refractivity contribution in [3.8, 4) is 0 Å². The van der Waals surface area contributed by atoms with Crippen LogP contribution >= 0.6 is 21.6 Å². The van der Waals surface area contributed by atoms with Crippen LogP contribution < -0.4 is 0 Å². The Morgan fingerprint density at radius 2 is 2.00 bits per heavy atom. The van der Waals surface area contributed by atoms with Crippen molar-refractivity contribution in [3.63, 3.8) is 0 Å². The van der Waals surface area contributed by atoms with E-state index in [1.54, 1.807) is 35.1 Å². The molecule has 1 amide bonds. The van der Waals surface area contributed by atoms with Gasteiger partial charge < -0.3 is 9.47 Å². The van der Waals surface area contributed by atoms with E-state index < -0.39 is 18.1 Å². The Kier molecular flexibility index (Phi) is 9.34. The molecule has 0 N–H and O–H groups in total. The van der Waals surface area contributed by atoms with Crippen molar-refractivity contribution in [2.75, 3.05) is 19.9 Å². The number of carbonyl (C=O) groups excluding carboxylic acids is 2. The number of ether oxygens (including phenoxy) is 2. The number of amides is 1. The minimum Gasteiger partial charge on any atom is -0.467 e. The minimum absolute atomic E-state index is 0.0232. The molecule has 0 aliphatic heterocycles. The summed E-state index contributed by atoms with van der Waals surface area (Å²) in [7, 11) is 5.89. The fourth-order valence-electron chi connectivity index (χ4n) is 1.90. The van der Waals surface area contributed by atoms with E-state index in [-0.39, 0.29) is 11.4 Å². The van der Waals surface area contributed by atoms with E-state index >= 15 is 0 Å². The van der Waals surface area contributed by atoms with E-state index in [0.29, 0.717) is 17.0 Å². The van der Waals surface area contributed by atoms with E-state index in [1.165, 1.54) is 29.9 Å². The van der Waals surface area contributed by atoms with Crippen LogP contribution in [0.1, 0.15) is 26.3 Å². The van der Waals surface area contributed by atoms with Gasteiger partial charge in [-0.3, -0.25) is 4.90 Å². The van der Waals surface area contributed by atoms with Gasteiger partial charge in [-0.15, -0.1) is 0 Å². The lowest BCUT2D eigenvalue weighted by Crippen LogP contribution is -2.44. The molecule has 0 saturated heterocycles. The first-order valence-corrected chi connectivity index (χ1v) is 10.4. The smallest absolute Gasteiger partial charge is 0.410 e. The van der Waals surface area contributed by atoms with Gasteiger partial charge >= 0.3 is 12.1 Å². The maximum atomic E-state index is 12.4. The normalized spacial score (nSPS) is 11.9. The lowest BCUT2D eigenvalue weighted by Gasteiger charge is -2.26. The topological polar surface area (TPSA) is 105 Å². The second-order valence-electron chi connectivity index (χ2n) is 6.50. The lowest BCUT2D eigenvalue weighted by atomic mass is 10.2. The van der Waals surface area contributed by atoms with Crippen molar-refractivity contribution in [2.24, 2.45) is 5.11 Å². The Labute approximate surface area is 167 Å². The van der Waals surface area contributed by atoms with Crippen molar-refractivity contribution >= 4 is 39.3 Å². The predicted octanol–water partition coefficient (Wildman–Crippen LogP) is 4.92. The number of likely N-dealkylation sites (N-methyl/N-ethyl adjacent to an activating group) is 1. The number of carbonyl (C=O) groups is 2. The summed E-state index contributed by atoms with van der Waals surface area (Å²) < 4.78 is 10.1. The van der Waals surface area contributed by atoms with Crippen LogP contribution in [-0.4, -0.2) is 47.7 Å².